The van der Waals surface area contributed by atoms with Gasteiger partial charge in [-0.2, -0.15) is 4.98 Å². The number of benzene rings is 2. The first-order chi connectivity index (χ1) is 20.7. The maximum absolute atomic E-state index is 15.1. The number of alkyl halides is 1. The molecule has 1 saturated carbocycles. The molecule has 2 atom stereocenters. The molecule has 43 heavy (non-hydrogen) atoms. The van der Waals surface area contributed by atoms with Gasteiger partial charge in [0.25, 0.3) is 0 Å². The zero-order valence-corrected chi connectivity index (χ0v) is 25.0. The normalized spacial score (nSPS) is 15.2. The number of hydrogen-bond donors (Lipinski definition) is 4. The number of hydrogen-bond acceptors (Lipinski definition) is 5. The number of aliphatic imine (C=N–C) groups is 1. The largest absolute Gasteiger partial charge is 0.388 e. The van der Waals surface area contributed by atoms with Crippen LogP contribution < -0.4 is 22.5 Å². The number of aromatic amines is 1. The Morgan fingerprint density at radius 3 is 2.67 bits per heavy atom. The monoisotopic (exact) mass is 609 g/mol. The first-order valence-electron chi connectivity index (χ1n) is 14.7. The molecule has 8 nitrogen and oxygen atoms in total. The van der Waals surface area contributed by atoms with Crippen molar-refractivity contribution in [1.82, 2.24) is 19.9 Å². The van der Waals surface area contributed by atoms with Crippen LogP contribution in [0.5, 0.6) is 0 Å². The van der Waals surface area contributed by atoms with E-state index in [2.05, 4.69) is 20.3 Å². The predicted octanol–water partition coefficient (Wildman–Crippen LogP) is 5.43. The van der Waals surface area contributed by atoms with Crippen LogP contribution in [0, 0.1) is 11.7 Å². The molecule has 6 N–H and O–H groups in total. The molecule has 5 rings (SSSR count). The zero-order valence-electron chi connectivity index (χ0n) is 24.3. The minimum atomic E-state index is -0.576. The van der Waals surface area contributed by atoms with Gasteiger partial charge in [0.05, 0.1) is 22.2 Å². The quantitative estimate of drug-likeness (QED) is 0.112. The molecule has 0 radical (unpaired) electrons. The van der Waals surface area contributed by atoms with Crippen LogP contribution in [0.2, 0.25) is 5.02 Å². The summed E-state index contributed by atoms with van der Waals surface area (Å²) in [5.74, 6) is 0.731. The molecule has 0 amide bonds. The molecule has 0 spiro atoms. The van der Waals surface area contributed by atoms with Crippen molar-refractivity contribution in [3.63, 3.8) is 0 Å². The summed E-state index contributed by atoms with van der Waals surface area (Å²) in [6.07, 6.45) is 6.88. The molecular formula is C32H38ClF2N7O. The molecule has 1 fully saturated rings. The minimum absolute atomic E-state index is 0.00863. The lowest BCUT2D eigenvalue weighted by Crippen LogP contribution is -2.31. The Bertz CT molecular complexity index is 1640. The third kappa shape index (κ3) is 7.87. The number of rotatable bonds is 14. The van der Waals surface area contributed by atoms with Crippen LogP contribution >= 0.6 is 11.6 Å². The van der Waals surface area contributed by atoms with Crippen molar-refractivity contribution in [3.05, 3.63) is 81.1 Å². The fraction of sp³-hybridized carbons (Fsp3) is 0.406. The van der Waals surface area contributed by atoms with Gasteiger partial charge in [-0.15, -0.1) is 0 Å². The van der Waals surface area contributed by atoms with Crippen molar-refractivity contribution in [3.8, 4) is 16.9 Å². The average Bonchev–Trinajstić information content (AvgIpc) is 3.75. The second kappa shape index (κ2) is 13.8. The SMILES string of the molecule is CC(N)=NCCC(NCc1ccc(-n2cc3cc(-c4cc(CCC[C@@H](N)CF)cc(Cl)c4F)[nH]c3nc2=O)cc1)C1CC1. The fourth-order valence-electron chi connectivity index (χ4n) is 5.36. The highest BCUT2D eigenvalue weighted by Gasteiger charge is 2.30. The summed E-state index contributed by atoms with van der Waals surface area (Å²) in [5, 5.41) is 4.30. The molecule has 11 heteroatoms. The van der Waals surface area contributed by atoms with E-state index < -0.39 is 24.2 Å². The summed E-state index contributed by atoms with van der Waals surface area (Å²) in [4.78, 5) is 24.6. The Hall–Kier alpha value is -3.60. The van der Waals surface area contributed by atoms with Gasteiger partial charge in [-0.1, -0.05) is 23.7 Å². The van der Waals surface area contributed by atoms with Crippen molar-refractivity contribution >= 4 is 28.5 Å². The van der Waals surface area contributed by atoms with Crippen molar-refractivity contribution < 1.29 is 8.78 Å². The Kier molecular flexibility index (Phi) is 9.90. The lowest BCUT2D eigenvalue weighted by Gasteiger charge is -2.17. The summed E-state index contributed by atoms with van der Waals surface area (Å²) < 4.78 is 29.3. The van der Waals surface area contributed by atoms with Crippen LogP contribution in [-0.2, 0) is 13.0 Å². The molecule has 2 aromatic carbocycles. The summed E-state index contributed by atoms with van der Waals surface area (Å²) in [7, 11) is 0. The summed E-state index contributed by atoms with van der Waals surface area (Å²) in [6.45, 7) is 2.67. The Balaban J connectivity index is 1.31. The molecule has 0 bridgehead atoms. The van der Waals surface area contributed by atoms with Gasteiger partial charge in [0.15, 0.2) is 5.82 Å². The predicted molar refractivity (Wildman–Crippen MR) is 169 cm³/mol. The van der Waals surface area contributed by atoms with E-state index in [9.17, 15) is 9.18 Å². The first-order valence-corrected chi connectivity index (χ1v) is 15.1. The van der Waals surface area contributed by atoms with Crippen LogP contribution in [0.15, 0.2) is 58.4 Å². The zero-order chi connectivity index (χ0) is 30.5. The highest BCUT2D eigenvalue weighted by molar-refractivity contribution is 6.31. The number of H-pyrrole nitrogens is 1. The number of aryl methyl sites for hydroxylation is 1. The van der Waals surface area contributed by atoms with Crippen molar-refractivity contribution in [2.24, 2.45) is 22.4 Å². The number of nitrogens with one attached hydrogen (secondary N) is 2. The second-order valence-corrected chi connectivity index (χ2v) is 11.8. The number of nitrogens with two attached hydrogens (primary N) is 2. The molecule has 228 valence electrons. The fourth-order valence-corrected chi connectivity index (χ4v) is 5.60. The summed E-state index contributed by atoms with van der Waals surface area (Å²) >= 11 is 6.21. The van der Waals surface area contributed by atoms with E-state index in [0.29, 0.717) is 59.5 Å². The molecule has 1 aliphatic rings. The van der Waals surface area contributed by atoms with Crippen molar-refractivity contribution in [2.75, 3.05) is 13.2 Å². The van der Waals surface area contributed by atoms with Gasteiger partial charge in [0, 0.05) is 42.3 Å². The van der Waals surface area contributed by atoms with E-state index in [4.69, 9.17) is 23.1 Å². The number of aromatic nitrogens is 3. The lowest BCUT2D eigenvalue weighted by atomic mass is 10.0. The minimum Gasteiger partial charge on any atom is -0.388 e. The Morgan fingerprint density at radius 1 is 1.21 bits per heavy atom. The molecule has 1 unspecified atom stereocenters. The highest BCUT2D eigenvalue weighted by atomic mass is 35.5. The van der Waals surface area contributed by atoms with Crippen LogP contribution in [-0.4, -0.2) is 45.7 Å². The van der Waals surface area contributed by atoms with Crippen LogP contribution in [0.4, 0.5) is 8.78 Å². The maximum atomic E-state index is 15.1. The van der Waals surface area contributed by atoms with E-state index in [1.807, 2.05) is 31.2 Å². The third-order valence-corrected chi connectivity index (χ3v) is 8.18. The van der Waals surface area contributed by atoms with E-state index in [1.54, 1.807) is 24.4 Å². The second-order valence-electron chi connectivity index (χ2n) is 11.4. The number of halogens is 3. The van der Waals surface area contributed by atoms with Gasteiger partial charge < -0.3 is 21.8 Å². The summed E-state index contributed by atoms with van der Waals surface area (Å²) in [5.41, 5.74) is 14.6. The molecule has 0 saturated heterocycles. The molecule has 1 aliphatic carbocycles. The average molecular weight is 610 g/mol. The molecule has 0 aliphatic heterocycles. The van der Waals surface area contributed by atoms with Gasteiger partial charge in [0.1, 0.15) is 12.3 Å². The van der Waals surface area contributed by atoms with Gasteiger partial charge in [-0.25, -0.2) is 13.6 Å². The molecule has 2 heterocycles. The topological polar surface area (TPSA) is 127 Å². The molecule has 4 aromatic rings. The summed E-state index contributed by atoms with van der Waals surface area (Å²) in [6, 6.07) is 12.7. The van der Waals surface area contributed by atoms with Gasteiger partial charge >= 0.3 is 5.69 Å². The van der Waals surface area contributed by atoms with E-state index in [-0.39, 0.29) is 10.6 Å². The standard InChI is InChI=1S/C32H38ClF2N7O/c1-19(36)38-12-11-28(22-7-8-22)39-17-20-5-9-25(10-6-20)42-18-23-15-29(40-31(23)41-32(42)43)26-13-21(14-27(33)30(26)35)3-2-4-24(37)16-34/h5-6,9-10,13-15,18,22,24,28,39H,2-4,7-8,11-12,16-17,37H2,1H3,(H2,36,38)(H,40,41,43)/t24-,28?/m1/s1. The van der Waals surface area contributed by atoms with E-state index in [0.717, 1.165) is 30.6 Å². The first kappa shape index (κ1) is 30.8. The van der Waals surface area contributed by atoms with Crippen molar-refractivity contribution in [1.29, 1.82) is 0 Å². The molecular weight excluding hydrogens is 572 g/mol. The van der Waals surface area contributed by atoms with Crippen LogP contribution in [0.3, 0.4) is 0 Å². The highest BCUT2D eigenvalue weighted by Crippen LogP contribution is 2.34. The van der Waals surface area contributed by atoms with Gasteiger partial charge in [-0.3, -0.25) is 9.56 Å². The third-order valence-electron chi connectivity index (χ3n) is 7.90. The van der Waals surface area contributed by atoms with Gasteiger partial charge in [-0.05, 0) is 92.8 Å². The molecule has 2 aromatic heterocycles. The van der Waals surface area contributed by atoms with Crippen molar-refractivity contribution in [2.45, 2.75) is 64.1 Å². The number of nitrogens with zero attached hydrogens (tertiary/aromatic N) is 3. The lowest BCUT2D eigenvalue weighted by molar-refractivity contribution is 0.407. The maximum Gasteiger partial charge on any atom is 0.354 e. The Morgan fingerprint density at radius 2 is 1.98 bits per heavy atom. The number of fused-ring (bicyclic) bond motifs is 1. The van der Waals surface area contributed by atoms with Crippen LogP contribution in [0.1, 0.15) is 50.2 Å². The Labute approximate surface area is 254 Å². The van der Waals surface area contributed by atoms with E-state index >= 15 is 4.39 Å². The number of amidine groups is 1. The van der Waals surface area contributed by atoms with Crippen LogP contribution in [0.25, 0.3) is 28.0 Å². The van der Waals surface area contributed by atoms with E-state index in [1.165, 1.54) is 17.4 Å². The smallest absolute Gasteiger partial charge is 0.354 e. The van der Waals surface area contributed by atoms with Gasteiger partial charge in [0.2, 0.25) is 0 Å².